The van der Waals surface area contributed by atoms with Crippen LogP contribution < -0.4 is 0 Å². The monoisotopic (exact) mass is 218 g/mol. The van der Waals surface area contributed by atoms with Gasteiger partial charge in [-0.3, -0.25) is 9.78 Å². The van der Waals surface area contributed by atoms with E-state index in [-0.39, 0.29) is 0 Å². The summed E-state index contributed by atoms with van der Waals surface area (Å²) in [5.41, 5.74) is 2.73. The molecule has 3 heteroatoms. The number of hydrogen-bond donors (Lipinski definition) is 0. The Labute approximate surface area is 96.5 Å². The van der Waals surface area contributed by atoms with E-state index in [1.807, 2.05) is 19.2 Å². The van der Waals surface area contributed by atoms with E-state index in [1.54, 1.807) is 0 Å². The largest absolute Gasteiger partial charge is 0.303 e. The molecule has 0 unspecified atom stereocenters. The highest BCUT2D eigenvalue weighted by Gasteiger charge is 2.12. The van der Waals surface area contributed by atoms with E-state index in [0.717, 1.165) is 36.1 Å². The molecule has 86 valence electrons. The Balaban J connectivity index is 1.99. The molecule has 1 aliphatic rings. The molecule has 3 nitrogen and oxygen atoms in total. The van der Waals surface area contributed by atoms with Crippen molar-refractivity contribution in [2.45, 2.75) is 26.2 Å². The van der Waals surface area contributed by atoms with Gasteiger partial charge in [0.25, 0.3) is 0 Å². The topological polar surface area (TPSA) is 33.2 Å². The maximum Gasteiger partial charge on any atom is 0.151 e. The van der Waals surface area contributed by atoms with Crippen LogP contribution in [0.4, 0.5) is 0 Å². The zero-order valence-electron chi connectivity index (χ0n) is 9.78. The summed E-state index contributed by atoms with van der Waals surface area (Å²) < 4.78 is 0. The average Bonchev–Trinajstić information content (AvgIpc) is 2.80. The van der Waals surface area contributed by atoms with E-state index in [2.05, 4.69) is 9.88 Å². The van der Waals surface area contributed by atoms with Gasteiger partial charge in [-0.1, -0.05) is 0 Å². The number of aromatic nitrogens is 1. The van der Waals surface area contributed by atoms with Crippen molar-refractivity contribution in [2.75, 3.05) is 19.6 Å². The molecule has 0 amide bonds. The van der Waals surface area contributed by atoms with Gasteiger partial charge in [-0.2, -0.15) is 0 Å². The van der Waals surface area contributed by atoms with Gasteiger partial charge in [0.05, 0.1) is 5.69 Å². The fraction of sp³-hybridized carbons (Fsp3) is 0.538. The van der Waals surface area contributed by atoms with Crippen LogP contribution in [0.1, 0.15) is 34.5 Å². The van der Waals surface area contributed by atoms with Crippen molar-refractivity contribution >= 4 is 6.29 Å². The van der Waals surface area contributed by atoms with Gasteiger partial charge in [0, 0.05) is 24.7 Å². The maximum atomic E-state index is 10.9. The Morgan fingerprint density at radius 2 is 2.19 bits per heavy atom. The summed E-state index contributed by atoms with van der Waals surface area (Å²) in [6.07, 6.45) is 6.25. The standard InChI is InChI=1S/C13H18N2O/c1-11-8-12(10-16)13(14-9-11)4-7-15-5-2-3-6-15/h8-10H,2-7H2,1H3. The number of carbonyl (C=O) groups is 1. The highest BCUT2D eigenvalue weighted by atomic mass is 16.1. The molecular weight excluding hydrogens is 200 g/mol. The second-order valence-corrected chi connectivity index (χ2v) is 4.47. The third-order valence-corrected chi connectivity index (χ3v) is 3.13. The summed E-state index contributed by atoms with van der Waals surface area (Å²) in [7, 11) is 0. The molecule has 0 saturated carbocycles. The Kier molecular flexibility index (Phi) is 3.67. The average molecular weight is 218 g/mol. The van der Waals surface area contributed by atoms with E-state index in [9.17, 15) is 4.79 Å². The van der Waals surface area contributed by atoms with E-state index < -0.39 is 0 Å². The summed E-state index contributed by atoms with van der Waals surface area (Å²) in [5, 5.41) is 0. The zero-order valence-corrected chi connectivity index (χ0v) is 9.78. The number of likely N-dealkylation sites (tertiary alicyclic amines) is 1. The molecule has 0 atom stereocenters. The first-order chi connectivity index (χ1) is 7.79. The molecule has 2 rings (SSSR count). The lowest BCUT2D eigenvalue weighted by atomic mass is 10.1. The minimum Gasteiger partial charge on any atom is -0.303 e. The molecule has 1 aromatic rings. The Bertz CT molecular complexity index is 370. The molecule has 0 aliphatic carbocycles. The Hall–Kier alpha value is -1.22. The van der Waals surface area contributed by atoms with Crippen molar-refractivity contribution in [3.05, 3.63) is 29.1 Å². The number of carbonyl (C=O) groups excluding carboxylic acids is 1. The van der Waals surface area contributed by atoms with Crippen molar-refractivity contribution < 1.29 is 4.79 Å². The van der Waals surface area contributed by atoms with Gasteiger partial charge in [-0.05, 0) is 44.5 Å². The zero-order chi connectivity index (χ0) is 11.4. The van der Waals surface area contributed by atoms with Gasteiger partial charge in [-0.25, -0.2) is 0 Å². The molecule has 1 aliphatic heterocycles. The first kappa shape index (κ1) is 11.3. The molecule has 2 heterocycles. The minimum atomic E-state index is 0.749. The van der Waals surface area contributed by atoms with Crippen LogP contribution in [0.5, 0.6) is 0 Å². The van der Waals surface area contributed by atoms with Crippen molar-refractivity contribution in [1.82, 2.24) is 9.88 Å². The van der Waals surface area contributed by atoms with Crippen molar-refractivity contribution in [3.63, 3.8) is 0 Å². The normalized spacial score (nSPS) is 16.6. The summed E-state index contributed by atoms with van der Waals surface area (Å²) >= 11 is 0. The van der Waals surface area contributed by atoms with Gasteiger partial charge < -0.3 is 4.90 Å². The second kappa shape index (κ2) is 5.21. The predicted octanol–water partition coefficient (Wildman–Crippen LogP) is 1.84. The van der Waals surface area contributed by atoms with Gasteiger partial charge in [0.15, 0.2) is 6.29 Å². The third kappa shape index (κ3) is 2.67. The van der Waals surface area contributed by atoms with E-state index >= 15 is 0 Å². The predicted molar refractivity (Wildman–Crippen MR) is 63.7 cm³/mol. The van der Waals surface area contributed by atoms with Crippen molar-refractivity contribution in [3.8, 4) is 0 Å². The molecule has 0 spiro atoms. The van der Waals surface area contributed by atoms with E-state index in [0.29, 0.717) is 0 Å². The van der Waals surface area contributed by atoms with Crippen LogP contribution in [0.25, 0.3) is 0 Å². The molecule has 1 aromatic heterocycles. The van der Waals surface area contributed by atoms with Crippen molar-refractivity contribution in [1.29, 1.82) is 0 Å². The molecule has 1 saturated heterocycles. The third-order valence-electron chi connectivity index (χ3n) is 3.13. The van der Waals surface area contributed by atoms with Gasteiger partial charge >= 0.3 is 0 Å². The first-order valence-electron chi connectivity index (χ1n) is 5.92. The van der Waals surface area contributed by atoms with Crippen LogP contribution >= 0.6 is 0 Å². The lowest BCUT2D eigenvalue weighted by Gasteiger charge is -2.14. The minimum absolute atomic E-state index is 0.749. The smallest absolute Gasteiger partial charge is 0.151 e. The molecular formula is C13H18N2O. The highest BCUT2D eigenvalue weighted by Crippen LogP contribution is 2.11. The van der Waals surface area contributed by atoms with Crippen LogP contribution in [-0.2, 0) is 6.42 Å². The van der Waals surface area contributed by atoms with Crippen LogP contribution in [-0.4, -0.2) is 35.8 Å². The Morgan fingerprint density at radius 3 is 2.88 bits per heavy atom. The summed E-state index contributed by atoms with van der Waals surface area (Å²) in [5.74, 6) is 0. The number of aldehydes is 1. The van der Waals surface area contributed by atoms with Crippen LogP contribution in [0.15, 0.2) is 12.3 Å². The van der Waals surface area contributed by atoms with Crippen LogP contribution in [0, 0.1) is 6.92 Å². The molecule has 0 aromatic carbocycles. The lowest BCUT2D eigenvalue weighted by Crippen LogP contribution is -2.22. The van der Waals surface area contributed by atoms with E-state index in [4.69, 9.17) is 0 Å². The molecule has 0 bridgehead atoms. The molecule has 0 N–H and O–H groups in total. The van der Waals surface area contributed by atoms with E-state index in [1.165, 1.54) is 25.9 Å². The highest BCUT2D eigenvalue weighted by molar-refractivity contribution is 5.76. The lowest BCUT2D eigenvalue weighted by molar-refractivity contribution is 0.112. The SMILES string of the molecule is Cc1cnc(CCN2CCCC2)c(C=O)c1. The van der Waals surface area contributed by atoms with Gasteiger partial charge in [-0.15, -0.1) is 0 Å². The molecule has 16 heavy (non-hydrogen) atoms. The number of aryl methyl sites for hydroxylation is 1. The van der Waals surface area contributed by atoms with Crippen LogP contribution in [0.3, 0.4) is 0 Å². The number of rotatable bonds is 4. The number of nitrogens with zero attached hydrogens (tertiary/aromatic N) is 2. The first-order valence-corrected chi connectivity index (χ1v) is 5.92. The van der Waals surface area contributed by atoms with Gasteiger partial charge in [0.1, 0.15) is 0 Å². The van der Waals surface area contributed by atoms with Gasteiger partial charge in [0.2, 0.25) is 0 Å². The second-order valence-electron chi connectivity index (χ2n) is 4.47. The molecule has 0 radical (unpaired) electrons. The number of hydrogen-bond acceptors (Lipinski definition) is 3. The quantitative estimate of drug-likeness (QED) is 0.723. The summed E-state index contributed by atoms with van der Waals surface area (Å²) in [6, 6.07) is 1.92. The number of pyridine rings is 1. The fourth-order valence-electron chi connectivity index (χ4n) is 2.20. The Morgan fingerprint density at radius 1 is 1.44 bits per heavy atom. The summed E-state index contributed by atoms with van der Waals surface area (Å²) in [6.45, 7) is 5.38. The van der Waals surface area contributed by atoms with Crippen molar-refractivity contribution in [2.24, 2.45) is 0 Å². The van der Waals surface area contributed by atoms with Crippen LogP contribution in [0.2, 0.25) is 0 Å². The molecule has 1 fully saturated rings. The summed E-state index contributed by atoms with van der Waals surface area (Å²) in [4.78, 5) is 17.7. The maximum absolute atomic E-state index is 10.9. The fourth-order valence-corrected chi connectivity index (χ4v) is 2.20.